The highest BCUT2D eigenvalue weighted by atomic mass is 35.5. The van der Waals surface area contributed by atoms with Crippen molar-refractivity contribution >= 4 is 23.0 Å². The van der Waals surface area contributed by atoms with Crippen molar-refractivity contribution in [3.05, 3.63) is 76.8 Å². The van der Waals surface area contributed by atoms with E-state index in [9.17, 15) is 4.39 Å². The number of nitriles is 1. The van der Waals surface area contributed by atoms with E-state index in [0.717, 1.165) is 34.6 Å². The summed E-state index contributed by atoms with van der Waals surface area (Å²) < 4.78 is 13.1. The van der Waals surface area contributed by atoms with E-state index in [2.05, 4.69) is 28.9 Å². The minimum absolute atomic E-state index is 0.431. The van der Waals surface area contributed by atoms with Gasteiger partial charge in [0, 0.05) is 29.7 Å². The van der Waals surface area contributed by atoms with E-state index in [-0.39, 0.29) is 0 Å². The molecule has 3 nitrogen and oxygen atoms in total. The van der Waals surface area contributed by atoms with E-state index in [1.54, 1.807) is 18.2 Å². The molecule has 0 saturated heterocycles. The highest BCUT2D eigenvalue weighted by molar-refractivity contribution is 6.32. The number of hydrogen-bond donors (Lipinski definition) is 0. The average Bonchev–Trinajstić information content (AvgIpc) is 2.65. The van der Waals surface area contributed by atoms with Gasteiger partial charge in [0.15, 0.2) is 0 Å². The van der Waals surface area contributed by atoms with Gasteiger partial charge in [0.05, 0.1) is 10.6 Å². The third-order valence-electron chi connectivity index (χ3n) is 4.26. The highest BCUT2D eigenvalue weighted by Crippen LogP contribution is 2.34. The molecule has 0 aliphatic carbocycles. The predicted octanol–water partition coefficient (Wildman–Crippen LogP) is 5.88. The smallest absolute Gasteiger partial charge is 0.212 e. The van der Waals surface area contributed by atoms with Gasteiger partial charge in [-0.2, -0.15) is 9.65 Å². The predicted molar refractivity (Wildman–Crippen MR) is 103 cm³/mol. The molecular weight excluding hydrogens is 349 g/mol. The molecule has 0 fully saturated rings. The first kappa shape index (κ1) is 17.9. The molecule has 26 heavy (non-hydrogen) atoms. The van der Waals surface area contributed by atoms with E-state index in [0.29, 0.717) is 10.6 Å². The first-order valence-corrected chi connectivity index (χ1v) is 8.61. The van der Waals surface area contributed by atoms with Crippen molar-refractivity contribution in [2.45, 2.75) is 13.8 Å². The molecule has 0 atom stereocenters. The van der Waals surface area contributed by atoms with Crippen molar-refractivity contribution in [2.24, 2.45) is 0 Å². The van der Waals surface area contributed by atoms with Crippen LogP contribution in [0, 0.1) is 24.2 Å². The largest absolute Gasteiger partial charge is 0.341 e. The molecule has 5 heteroatoms. The van der Waals surface area contributed by atoms with Crippen molar-refractivity contribution in [1.82, 2.24) is 4.98 Å². The Kier molecular flexibility index (Phi) is 5.20. The molecule has 0 amide bonds. The second-order valence-corrected chi connectivity index (χ2v) is 6.30. The van der Waals surface area contributed by atoms with E-state index in [1.165, 1.54) is 12.3 Å². The summed E-state index contributed by atoms with van der Waals surface area (Å²) in [5.41, 5.74) is 5.29. The summed E-state index contributed by atoms with van der Waals surface area (Å²) in [6.45, 7) is 4.82. The molecule has 0 N–H and O–H groups in total. The van der Waals surface area contributed by atoms with Crippen LogP contribution >= 0.6 is 11.6 Å². The minimum atomic E-state index is -0.497. The molecule has 0 radical (unpaired) electrons. The van der Waals surface area contributed by atoms with Gasteiger partial charge in [-0.25, -0.2) is 4.98 Å². The number of benzene rings is 2. The maximum absolute atomic E-state index is 13.1. The molecule has 3 rings (SSSR count). The Balaban J connectivity index is 2.06. The van der Waals surface area contributed by atoms with E-state index >= 15 is 0 Å². The van der Waals surface area contributed by atoms with Crippen LogP contribution in [0.1, 0.15) is 18.1 Å². The van der Waals surface area contributed by atoms with Gasteiger partial charge in [-0.15, -0.1) is 0 Å². The molecular formula is C21H17ClFN3. The van der Waals surface area contributed by atoms with Crippen LogP contribution in [0.4, 0.5) is 15.8 Å². The highest BCUT2D eigenvalue weighted by Gasteiger charge is 2.13. The van der Waals surface area contributed by atoms with Crippen molar-refractivity contribution < 1.29 is 4.39 Å². The number of halogens is 2. The van der Waals surface area contributed by atoms with Gasteiger partial charge in [-0.1, -0.05) is 23.7 Å². The Morgan fingerprint density at radius 1 is 1.12 bits per heavy atom. The van der Waals surface area contributed by atoms with Crippen LogP contribution in [0.15, 0.2) is 54.7 Å². The van der Waals surface area contributed by atoms with Crippen molar-refractivity contribution in [1.29, 1.82) is 5.26 Å². The summed E-state index contributed by atoms with van der Waals surface area (Å²) in [6.07, 6.45) is 1.53. The van der Waals surface area contributed by atoms with E-state index < -0.39 is 5.95 Å². The maximum atomic E-state index is 13.1. The Morgan fingerprint density at radius 2 is 1.88 bits per heavy atom. The van der Waals surface area contributed by atoms with Crippen LogP contribution < -0.4 is 4.90 Å². The lowest BCUT2D eigenvalue weighted by Gasteiger charge is -2.26. The number of nitrogens with zero attached hydrogens (tertiary/aromatic N) is 3. The monoisotopic (exact) mass is 365 g/mol. The number of hydrogen-bond acceptors (Lipinski definition) is 3. The Morgan fingerprint density at radius 3 is 2.50 bits per heavy atom. The SMILES string of the molecule is CCN(c1ccc(C#N)c(Cl)c1)c1cc(-c2ccc(F)nc2)ccc1C. The lowest BCUT2D eigenvalue weighted by molar-refractivity contribution is 0.584. The molecule has 3 aromatic rings. The Labute approximate surface area is 157 Å². The fraction of sp³-hybridized carbons (Fsp3) is 0.143. The fourth-order valence-electron chi connectivity index (χ4n) is 2.88. The van der Waals surface area contributed by atoms with Crippen molar-refractivity contribution in [3.63, 3.8) is 0 Å². The van der Waals surface area contributed by atoms with Gasteiger partial charge >= 0.3 is 0 Å². The molecule has 0 aliphatic heterocycles. The van der Waals surface area contributed by atoms with Crippen LogP contribution in [-0.2, 0) is 0 Å². The quantitative estimate of drug-likeness (QED) is 0.542. The van der Waals surface area contributed by atoms with E-state index in [1.807, 2.05) is 25.1 Å². The van der Waals surface area contributed by atoms with Crippen LogP contribution in [0.5, 0.6) is 0 Å². The number of pyridine rings is 1. The third-order valence-corrected chi connectivity index (χ3v) is 4.57. The van der Waals surface area contributed by atoms with Crippen LogP contribution in [0.3, 0.4) is 0 Å². The van der Waals surface area contributed by atoms with Gasteiger partial charge < -0.3 is 4.90 Å². The topological polar surface area (TPSA) is 39.9 Å². The zero-order valence-electron chi connectivity index (χ0n) is 14.5. The van der Waals surface area contributed by atoms with Crippen LogP contribution in [0.25, 0.3) is 11.1 Å². The molecule has 1 aromatic heterocycles. The van der Waals surface area contributed by atoms with Gasteiger partial charge in [0.25, 0.3) is 0 Å². The first-order chi connectivity index (χ1) is 12.5. The van der Waals surface area contributed by atoms with Crippen LogP contribution in [-0.4, -0.2) is 11.5 Å². The van der Waals surface area contributed by atoms with Crippen molar-refractivity contribution in [3.8, 4) is 17.2 Å². The lowest BCUT2D eigenvalue weighted by Crippen LogP contribution is -2.17. The third kappa shape index (κ3) is 3.54. The molecule has 1 heterocycles. The normalized spacial score (nSPS) is 10.4. The molecule has 0 unspecified atom stereocenters. The van der Waals surface area contributed by atoms with Gasteiger partial charge in [0.2, 0.25) is 5.95 Å². The zero-order chi connectivity index (χ0) is 18.7. The first-order valence-electron chi connectivity index (χ1n) is 8.23. The zero-order valence-corrected chi connectivity index (χ0v) is 15.3. The second-order valence-electron chi connectivity index (χ2n) is 5.89. The van der Waals surface area contributed by atoms with E-state index in [4.69, 9.17) is 16.9 Å². The second kappa shape index (κ2) is 7.55. The molecule has 0 saturated carbocycles. The number of rotatable bonds is 4. The Bertz CT molecular complexity index is 978. The lowest BCUT2D eigenvalue weighted by atomic mass is 10.0. The molecule has 2 aromatic carbocycles. The summed E-state index contributed by atoms with van der Waals surface area (Å²) in [6, 6.07) is 16.6. The maximum Gasteiger partial charge on any atom is 0.212 e. The summed E-state index contributed by atoms with van der Waals surface area (Å²) in [5.74, 6) is -0.497. The average molecular weight is 366 g/mol. The molecule has 0 spiro atoms. The summed E-state index contributed by atoms with van der Waals surface area (Å²) in [7, 11) is 0. The number of aryl methyl sites for hydroxylation is 1. The fourth-order valence-corrected chi connectivity index (χ4v) is 3.10. The number of anilines is 2. The van der Waals surface area contributed by atoms with Gasteiger partial charge in [0.1, 0.15) is 6.07 Å². The van der Waals surface area contributed by atoms with Gasteiger partial charge in [-0.3, -0.25) is 0 Å². The summed E-state index contributed by atoms with van der Waals surface area (Å²) >= 11 is 6.21. The summed E-state index contributed by atoms with van der Waals surface area (Å²) in [5, 5.41) is 9.50. The van der Waals surface area contributed by atoms with Gasteiger partial charge in [-0.05, 0) is 61.4 Å². The molecule has 130 valence electrons. The van der Waals surface area contributed by atoms with Crippen molar-refractivity contribution in [2.75, 3.05) is 11.4 Å². The molecule has 0 aliphatic rings. The number of aromatic nitrogens is 1. The summed E-state index contributed by atoms with van der Waals surface area (Å²) in [4.78, 5) is 5.86. The standard InChI is InChI=1S/C21H17ClFN3/c1-3-26(18-8-6-16(12-24)19(22)11-18)20-10-15(5-4-14(20)2)17-7-9-21(23)25-13-17/h4-11,13H,3H2,1-2H3. The molecule has 0 bridgehead atoms. The minimum Gasteiger partial charge on any atom is -0.341 e. The Hall–Kier alpha value is -2.90. The van der Waals surface area contributed by atoms with Crippen LogP contribution in [0.2, 0.25) is 5.02 Å².